The Bertz CT molecular complexity index is 2270. The lowest BCUT2D eigenvalue weighted by Crippen LogP contribution is -2.52. The van der Waals surface area contributed by atoms with E-state index in [0.29, 0.717) is 23.6 Å². The Morgan fingerprint density at radius 1 is 0.800 bits per heavy atom. The molecule has 0 bridgehead atoms. The Kier molecular flexibility index (Phi) is 10.3. The topological polar surface area (TPSA) is 177 Å². The Hall–Kier alpha value is -5.35. The van der Waals surface area contributed by atoms with E-state index in [9.17, 15) is 14.4 Å². The fraction of sp³-hybridized carbons (Fsp3) is 0.568. The number of piperidine rings is 3. The van der Waals surface area contributed by atoms with E-state index in [-0.39, 0.29) is 54.8 Å². The van der Waals surface area contributed by atoms with Crippen LogP contribution in [0.1, 0.15) is 99.9 Å². The van der Waals surface area contributed by atoms with E-state index >= 15 is 0 Å². The van der Waals surface area contributed by atoms with Crippen molar-refractivity contribution in [1.82, 2.24) is 35.4 Å². The highest BCUT2D eigenvalue weighted by atomic mass is 16.5. The number of rotatable bonds is 11. The molecule has 2 saturated carbocycles. The van der Waals surface area contributed by atoms with Gasteiger partial charge in [-0.2, -0.15) is 5.10 Å². The van der Waals surface area contributed by atoms with E-state index in [1.807, 2.05) is 24.3 Å². The molecule has 2 aliphatic carbocycles. The first-order chi connectivity index (χ1) is 29.2. The van der Waals surface area contributed by atoms with Gasteiger partial charge in [-0.1, -0.05) is 0 Å². The van der Waals surface area contributed by atoms with Gasteiger partial charge in [0.2, 0.25) is 17.7 Å². The smallest absolute Gasteiger partial charge is 0.255 e. The number of nitrogens with one attached hydrogen (secondary N) is 2. The highest BCUT2D eigenvalue weighted by molar-refractivity contribution is 6.06. The van der Waals surface area contributed by atoms with Crippen molar-refractivity contribution < 1.29 is 33.3 Å². The average Bonchev–Trinajstić information content (AvgIpc) is 3.68. The van der Waals surface area contributed by atoms with Gasteiger partial charge in [0.25, 0.3) is 5.91 Å². The standard InChI is InChI=1S/C44H53N9O7/c1-44(15-16-44)60-39-21-31-34(23-45-39)49-50-40(31)33-22-37(47-25-46-33)52-19-13-29(14-20-52)59-27-5-3-26(4-6-27)58-28-11-17-51(18-12-28)35-8-7-30-32(41(35)57-2)24-53(43(30)56)36-9-10-38(54)48-42(36)55/h7-8,21-23,25-29,36H,3-6,9-20,24H2,1-2H3,(H,49,50)(H,48,54,55). The van der Waals surface area contributed by atoms with Crippen molar-refractivity contribution in [3.8, 4) is 23.0 Å². The minimum atomic E-state index is -0.658. The predicted molar refractivity (Wildman–Crippen MR) is 221 cm³/mol. The predicted octanol–water partition coefficient (Wildman–Crippen LogP) is 5.10. The fourth-order valence-electron chi connectivity index (χ4n) is 9.71. The summed E-state index contributed by atoms with van der Waals surface area (Å²) in [6.07, 6.45) is 14.8. The van der Waals surface area contributed by atoms with Crippen LogP contribution in [0.3, 0.4) is 0 Å². The number of pyridine rings is 1. The number of methoxy groups -OCH3 is 1. The normalized spacial score (nSPS) is 24.8. The first kappa shape index (κ1) is 38.8. The van der Waals surface area contributed by atoms with Crippen LogP contribution >= 0.6 is 0 Å². The molecule has 6 aliphatic rings. The Labute approximate surface area is 348 Å². The van der Waals surface area contributed by atoms with Crippen molar-refractivity contribution in [2.24, 2.45) is 0 Å². The summed E-state index contributed by atoms with van der Waals surface area (Å²) in [6, 6.07) is 7.14. The van der Waals surface area contributed by atoms with Gasteiger partial charge in [0, 0.05) is 61.2 Å². The number of carbonyl (C=O) groups excluding carboxylic acids is 3. The minimum absolute atomic E-state index is 0.111. The Morgan fingerprint density at radius 3 is 2.15 bits per heavy atom. The van der Waals surface area contributed by atoms with Crippen LogP contribution in [0.2, 0.25) is 0 Å². The maximum Gasteiger partial charge on any atom is 0.255 e. The van der Waals surface area contributed by atoms with Gasteiger partial charge in [-0.15, -0.1) is 0 Å². The number of ether oxygens (including phenoxy) is 4. The number of aromatic amines is 1. The number of H-pyrrole nitrogens is 1. The van der Waals surface area contributed by atoms with E-state index in [1.54, 1.807) is 24.5 Å². The summed E-state index contributed by atoms with van der Waals surface area (Å²) in [4.78, 5) is 57.5. The molecule has 5 fully saturated rings. The van der Waals surface area contributed by atoms with Gasteiger partial charge in [0.05, 0.1) is 61.2 Å². The van der Waals surface area contributed by atoms with Crippen molar-refractivity contribution in [2.45, 2.75) is 127 Å². The van der Waals surface area contributed by atoms with E-state index in [0.717, 1.165) is 130 Å². The second-order valence-corrected chi connectivity index (χ2v) is 17.5. The van der Waals surface area contributed by atoms with E-state index in [2.05, 4.69) is 47.2 Å². The number of anilines is 2. The summed E-state index contributed by atoms with van der Waals surface area (Å²) in [5, 5.41) is 11.0. The summed E-state index contributed by atoms with van der Waals surface area (Å²) in [5.41, 5.74) is 4.58. The number of carbonyl (C=O) groups is 3. The third kappa shape index (κ3) is 7.75. The molecule has 16 heteroatoms. The second kappa shape index (κ2) is 15.9. The number of hydrogen-bond donors (Lipinski definition) is 2. The lowest BCUT2D eigenvalue weighted by Gasteiger charge is -2.39. The highest BCUT2D eigenvalue weighted by Gasteiger charge is 2.42. The van der Waals surface area contributed by atoms with Gasteiger partial charge >= 0.3 is 0 Å². The van der Waals surface area contributed by atoms with E-state index in [1.165, 1.54) is 0 Å². The third-order valence-corrected chi connectivity index (χ3v) is 13.4. The van der Waals surface area contributed by atoms with Gasteiger partial charge in [-0.3, -0.25) is 24.8 Å². The molecule has 4 aliphatic heterocycles. The second-order valence-electron chi connectivity index (χ2n) is 17.5. The van der Waals surface area contributed by atoms with Crippen molar-refractivity contribution in [2.75, 3.05) is 43.1 Å². The van der Waals surface area contributed by atoms with Crippen LogP contribution in [-0.4, -0.2) is 117 Å². The number of hydrogen-bond acceptors (Lipinski definition) is 13. The molecule has 4 aromatic rings. The third-order valence-electron chi connectivity index (χ3n) is 13.4. The quantitative estimate of drug-likeness (QED) is 0.191. The first-order valence-electron chi connectivity index (χ1n) is 21.7. The molecule has 7 heterocycles. The lowest BCUT2D eigenvalue weighted by atomic mass is 9.93. The molecule has 0 spiro atoms. The fourth-order valence-corrected chi connectivity index (χ4v) is 9.71. The van der Waals surface area contributed by atoms with Crippen molar-refractivity contribution >= 4 is 40.1 Å². The number of nitrogens with zero attached hydrogens (tertiary/aromatic N) is 7. The zero-order valence-electron chi connectivity index (χ0n) is 34.4. The number of benzene rings is 1. The van der Waals surface area contributed by atoms with Gasteiger partial charge in [0.1, 0.15) is 35.2 Å². The molecule has 0 radical (unpaired) electrons. The number of amides is 3. The molecule has 16 nitrogen and oxygen atoms in total. The van der Waals surface area contributed by atoms with E-state index < -0.39 is 11.9 Å². The number of fused-ring (bicyclic) bond motifs is 2. The van der Waals surface area contributed by atoms with Crippen LogP contribution in [0.4, 0.5) is 11.5 Å². The lowest BCUT2D eigenvalue weighted by molar-refractivity contribution is -0.136. The van der Waals surface area contributed by atoms with E-state index in [4.69, 9.17) is 18.9 Å². The van der Waals surface area contributed by atoms with Crippen LogP contribution in [0, 0.1) is 0 Å². The Morgan fingerprint density at radius 2 is 1.48 bits per heavy atom. The summed E-state index contributed by atoms with van der Waals surface area (Å²) in [5.74, 6) is 1.29. The van der Waals surface area contributed by atoms with Crippen LogP contribution < -0.4 is 24.6 Å². The summed E-state index contributed by atoms with van der Waals surface area (Å²) >= 11 is 0. The van der Waals surface area contributed by atoms with Gasteiger partial charge in [0.15, 0.2) is 0 Å². The van der Waals surface area contributed by atoms with Gasteiger partial charge in [-0.05, 0) is 89.7 Å². The number of aromatic nitrogens is 5. The maximum absolute atomic E-state index is 13.3. The summed E-state index contributed by atoms with van der Waals surface area (Å²) in [6.45, 7) is 5.79. The molecule has 3 aromatic heterocycles. The molecule has 316 valence electrons. The summed E-state index contributed by atoms with van der Waals surface area (Å²) < 4.78 is 25.4. The molecule has 10 rings (SSSR count). The zero-order chi connectivity index (χ0) is 41.0. The van der Waals surface area contributed by atoms with Crippen molar-refractivity contribution in [3.05, 3.63) is 47.9 Å². The minimum Gasteiger partial charge on any atom is -0.494 e. The average molecular weight is 820 g/mol. The molecule has 1 unspecified atom stereocenters. The Balaban J connectivity index is 0.673. The molecule has 2 N–H and O–H groups in total. The largest absolute Gasteiger partial charge is 0.494 e. The van der Waals surface area contributed by atoms with Crippen LogP contribution in [-0.2, 0) is 25.6 Å². The van der Waals surface area contributed by atoms with Crippen molar-refractivity contribution in [3.63, 3.8) is 0 Å². The molecule has 3 amide bonds. The maximum atomic E-state index is 13.3. The van der Waals surface area contributed by atoms with Crippen molar-refractivity contribution in [1.29, 1.82) is 0 Å². The van der Waals surface area contributed by atoms with Crippen LogP contribution in [0.25, 0.3) is 22.3 Å². The highest BCUT2D eigenvalue weighted by Crippen LogP contribution is 2.42. The molecule has 1 atom stereocenters. The van der Waals surface area contributed by atoms with Crippen LogP contribution in [0.5, 0.6) is 11.6 Å². The summed E-state index contributed by atoms with van der Waals surface area (Å²) in [7, 11) is 1.64. The van der Waals surface area contributed by atoms with Gasteiger partial charge in [-0.25, -0.2) is 15.0 Å². The number of imide groups is 1. The molecular weight excluding hydrogens is 767 g/mol. The SMILES string of the molecule is COc1c(N2CCC(OC3CCC(OC4CCN(c5cc(-c6n[nH]c7cnc(OC8(C)CC8)cc67)ncn5)CC4)CC3)CC2)ccc2c1CN(C1CCC(=O)NC1=O)C2=O. The zero-order valence-corrected chi connectivity index (χ0v) is 34.4. The molecule has 1 aromatic carbocycles. The van der Waals surface area contributed by atoms with Crippen LogP contribution in [0.15, 0.2) is 36.8 Å². The first-order valence-corrected chi connectivity index (χ1v) is 21.7. The molecule has 60 heavy (non-hydrogen) atoms. The monoisotopic (exact) mass is 819 g/mol. The molecular formula is C44H53N9O7. The van der Waals surface area contributed by atoms with Gasteiger partial charge < -0.3 is 33.6 Å². The molecule has 3 saturated heterocycles.